The highest BCUT2D eigenvalue weighted by molar-refractivity contribution is 8.00. The Labute approximate surface area is 152 Å². The van der Waals surface area contributed by atoms with Crippen molar-refractivity contribution in [1.29, 1.82) is 0 Å². The zero-order valence-electron chi connectivity index (χ0n) is 14.6. The molecule has 0 radical (unpaired) electrons. The topological polar surface area (TPSA) is 46.1 Å². The molecule has 1 heterocycles. The van der Waals surface area contributed by atoms with Crippen LogP contribution in [0.4, 0.5) is 0 Å². The van der Waals surface area contributed by atoms with Crippen molar-refractivity contribution in [3.63, 3.8) is 0 Å². The molecule has 130 valence electrons. The average Bonchev–Trinajstić information content (AvgIpc) is 3.45. The van der Waals surface area contributed by atoms with Gasteiger partial charge in [0, 0.05) is 17.1 Å². The van der Waals surface area contributed by atoms with Gasteiger partial charge in [-0.3, -0.25) is 4.79 Å². The molecule has 4 nitrogen and oxygen atoms in total. The van der Waals surface area contributed by atoms with Crippen molar-refractivity contribution in [3.8, 4) is 0 Å². The van der Waals surface area contributed by atoms with Crippen LogP contribution in [0.3, 0.4) is 0 Å². The van der Waals surface area contributed by atoms with Gasteiger partial charge in [-0.1, -0.05) is 36.0 Å². The Balaban J connectivity index is 1.52. The van der Waals surface area contributed by atoms with Crippen LogP contribution < -0.4 is 0 Å². The Morgan fingerprint density at radius 2 is 2.08 bits per heavy atom. The number of aromatic nitrogens is 2. The highest BCUT2D eigenvalue weighted by Crippen LogP contribution is 2.35. The van der Waals surface area contributed by atoms with Crippen molar-refractivity contribution in [1.82, 2.24) is 14.9 Å². The summed E-state index contributed by atoms with van der Waals surface area (Å²) in [6, 6.07) is 8.44. The molecule has 1 aromatic carbocycles. The molecule has 1 fully saturated rings. The summed E-state index contributed by atoms with van der Waals surface area (Å²) in [6.45, 7) is 1.90. The second kappa shape index (κ2) is 7.16. The van der Waals surface area contributed by atoms with Gasteiger partial charge in [-0.15, -0.1) is 0 Å². The first-order chi connectivity index (χ1) is 12.2. The summed E-state index contributed by atoms with van der Waals surface area (Å²) < 4.78 is 0. The molecule has 2 aromatic rings. The summed E-state index contributed by atoms with van der Waals surface area (Å²) in [5.74, 6) is 1.41. The van der Waals surface area contributed by atoms with Crippen LogP contribution >= 0.6 is 11.8 Å². The number of thioether (sulfide) groups is 1. The lowest BCUT2D eigenvalue weighted by molar-refractivity contribution is -0.127. The summed E-state index contributed by atoms with van der Waals surface area (Å²) >= 11 is 1.54. The quantitative estimate of drug-likeness (QED) is 0.587. The fourth-order valence-electron chi connectivity index (χ4n) is 3.44. The van der Waals surface area contributed by atoms with E-state index in [4.69, 9.17) is 0 Å². The molecule has 1 amide bonds. The van der Waals surface area contributed by atoms with Gasteiger partial charge in [-0.05, 0) is 51.5 Å². The fourth-order valence-corrected chi connectivity index (χ4v) is 4.36. The van der Waals surface area contributed by atoms with Crippen LogP contribution in [0.25, 0.3) is 10.9 Å². The van der Waals surface area contributed by atoms with Gasteiger partial charge in [0.1, 0.15) is 10.9 Å². The molecule has 4 rings (SSSR count). The molecular formula is C20H23N3OS. The minimum atomic E-state index is 0.223. The maximum absolute atomic E-state index is 12.9. The number of hydrogen-bond acceptors (Lipinski definition) is 4. The molecule has 0 spiro atoms. The number of carbonyl (C=O) groups is 1. The van der Waals surface area contributed by atoms with E-state index in [2.05, 4.69) is 20.9 Å². The molecule has 25 heavy (non-hydrogen) atoms. The van der Waals surface area contributed by atoms with E-state index in [1.807, 2.05) is 31.2 Å². The summed E-state index contributed by atoms with van der Waals surface area (Å²) in [5.41, 5.74) is 2.20. The maximum atomic E-state index is 12.9. The van der Waals surface area contributed by atoms with E-state index < -0.39 is 0 Å². The van der Waals surface area contributed by atoms with Crippen LogP contribution in [0.2, 0.25) is 0 Å². The lowest BCUT2D eigenvalue weighted by Crippen LogP contribution is -2.34. The van der Waals surface area contributed by atoms with Crippen LogP contribution in [0.5, 0.6) is 0 Å². The largest absolute Gasteiger partial charge is 0.313 e. The normalized spacial score (nSPS) is 17.4. The zero-order chi connectivity index (χ0) is 17.2. The van der Waals surface area contributed by atoms with E-state index in [0.29, 0.717) is 11.8 Å². The third-order valence-electron chi connectivity index (χ3n) is 4.77. The Morgan fingerprint density at radius 1 is 1.24 bits per heavy atom. The molecule has 1 aromatic heterocycles. The molecule has 0 aliphatic heterocycles. The van der Waals surface area contributed by atoms with E-state index in [1.165, 1.54) is 18.5 Å². The molecule has 0 unspecified atom stereocenters. The van der Waals surface area contributed by atoms with Crippen molar-refractivity contribution in [2.45, 2.75) is 56.5 Å². The number of para-hydroxylation sites is 1. The summed E-state index contributed by atoms with van der Waals surface area (Å²) in [5, 5.41) is 1.94. The molecule has 0 saturated heterocycles. The number of allylic oxidation sites excluding steroid dienone is 2. The summed E-state index contributed by atoms with van der Waals surface area (Å²) in [7, 11) is 0. The van der Waals surface area contributed by atoms with E-state index in [9.17, 15) is 4.79 Å². The van der Waals surface area contributed by atoms with Crippen LogP contribution in [0.1, 0.15) is 44.3 Å². The van der Waals surface area contributed by atoms with Crippen LogP contribution in [0.15, 0.2) is 41.1 Å². The second-order valence-corrected chi connectivity index (χ2v) is 7.78. The minimum Gasteiger partial charge on any atom is -0.313 e. The third kappa shape index (κ3) is 3.71. The predicted octanol–water partition coefficient (Wildman–Crippen LogP) is 4.48. The first-order valence-corrected chi connectivity index (χ1v) is 10.1. The van der Waals surface area contributed by atoms with E-state index in [-0.39, 0.29) is 5.91 Å². The number of benzene rings is 1. The Morgan fingerprint density at radius 3 is 2.84 bits per heavy atom. The number of aryl methyl sites for hydroxylation is 1. The standard InChI is InChI=1S/C20H23N3OS/c1-14-21-18-10-6-5-9-17(18)20(22-14)25-13-19(24)23(16-11-12-16)15-7-3-2-4-8-15/h5-7,9-10,16H,2-4,8,11-13H2,1H3. The van der Waals surface area contributed by atoms with Gasteiger partial charge in [0.2, 0.25) is 5.91 Å². The van der Waals surface area contributed by atoms with Gasteiger partial charge in [-0.25, -0.2) is 9.97 Å². The number of nitrogens with zero attached hydrogens (tertiary/aromatic N) is 3. The minimum absolute atomic E-state index is 0.223. The molecule has 0 bridgehead atoms. The van der Waals surface area contributed by atoms with Crippen molar-refractivity contribution in [2.24, 2.45) is 0 Å². The molecule has 0 atom stereocenters. The number of rotatable bonds is 5. The van der Waals surface area contributed by atoms with Gasteiger partial charge in [-0.2, -0.15) is 0 Å². The molecule has 2 aliphatic rings. The van der Waals surface area contributed by atoms with Crippen LogP contribution in [0, 0.1) is 6.92 Å². The van der Waals surface area contributed by atoms with E-state index >= 15 is 0 Å². The SMILES string of the molecule is Cc1nc(SCC(=O)N(C2=CCCCC2)C2CC2)c2ccccc2n1. The molecular weight excluding hydrogens is 330 g/mol. The lowest BCUT2D eigenvalue weighted by atomic mass is 10.0. The number of hydrogen-bond donors (Lipinski definition) is 0. The molecule has 2 aliphatic carbocycles. The van der Waals surface area contributed by atoms with Crippen molar-refractivity contribution in [3.05, 3.63) is 41.9 Å². The molecule has 1 saturated carbocycles. The Kier molecular flexibility index (Phi) is 4.75. The average molecular weight is 353 g/mol. The Hall–Kier alpha value is -1.88. The van der Waals surface area contributed by atoms with Gasteiger partial charge in [0.05, 0.1) is 11.3 Å². The van der Waals surface area contributed by atoms with Gasteiger partial charge in [0.25, 0.3) is 0 Å². The smallest absolute Gasteiger partial charge is 0.237 e. The van der Waals surface area contributed by atoms with Crippen molar-refractivity contribution >= 4 is 28.6 Å². The van der Waals surface area contributed by atoms with Crippen LogP contribution in [-0.2, 0) is 4.79 Å². The predicted molar refractivity (Wildman–Crippen MR) is 101 cm³/mol. The van der Waals surface area contributed by atoms with E-state index in [0.717, 1.165) is 47.4 Å². The van der Waals surface area contributed by atoms with Gasteiger partial charge < -0.3 is 4.90 Å². The summed E-state index contributed by atoms with van der Waals surface area (Å²) in [6.07, 6.45) is 9.15. The monoisotopic (exact) mass is 353 g/mol. The van der Waals surface area contributed by atoms with Crippen molar-refractivity contribution < 1.29 is 4.79 Å². The van der Waals surface area contributed by atoms with Crippen LogP contribution in [-0.4, -0.2) is 32.6 Å². The summed E-state index contributed by atoms with van der Waals surface area (Å²) in [4.78, 5) is 24.1. The van der Waals surface area contributed by atoms with E-state index in [1.54, 1.807) is 11.8 Å². The second-order valence-electron chi connectivity index (χ2n) is 6.82. The Bertz CT molecular complexity index is 829. The maximum Gasteiger partial charge on any atom is 0.237 e. The zero-order valence-corrected chi connectivity index (χ0v) is 15.4. The first-order valence-electron chi connectivity index (χ1n) is 9.09. The molecule has 0 N–H and O–H groups in total. The number of amides is 1. The number of carbonyl (C=O) groups excluding carboxylic acids is 1. The lowest BCUT2D eigenvalue weighted by Gasteiger charge is -2.27. The molecule has 5 heteroatoms. The first kappa shape index (κ1) is 16.6. The van der Waals surface area contributed by atoms with Crippen molar-refractivity contribution in [2.75, 3.05) is 5.75 Å². The fraction of sp³-hybridized carbons (Fsp3) is 0.450. The highest BCUT2D eigenvalue weighted by Gasteiger charge is 2.34. The van der Waals surface area contributed by atoms with Gasteiger partial charge >= 0.3 is 0 Å². The highest BCUT2D eigenvalue weighted by atomic mass is 32.2. The number of fused-ring (bicyclic) bond motifs is 1. The van der Waals surface area contributed by atoms with Gasteiger partial charge in [0.15, 0.2) is 0 Å². The third-order valence-corrected chi connectivity index (χ3v) is 5.75.